The number of esters is 1. The van der Waals surface area contributed by atoms with Gasteiger partial charge in [0.05, 0.1) is 22.8 Å². The van der Waals surface area contributed by atoms with Crippen LogP contribution in [-0.4, -0.2) is 27.8 Å². The number of ether oxygens (including phenoxy) is 1. The number of hydrogen-bond donors (Lipinski definition) is 2. The molecular weight excluding hydrogens is 431 g/mol. The molecule has 0 saturated heterocycles. The lowest BCUT2D eigenvalue weighted by Gasteiger charge is -2.07. The minimum absolute atomic E-state index is 0.0198. The second-order valence-electron chi connectivity index (χ2n) is 6.57. The molecule has 1 aliphatic heterocycles. The van der Waals surface area contributed by atoms with Crippen LogP contribution in [-0.2, 0) is 15.7 Å². The molecule has 2 aromatic carbocycles. The zero-order valence-electron chi connectivity index (χ0n) is 16.5. The van der Waals surface area contributed by atoms with Gasteiger partial charge in [-0.15, -0.1) is 0 Å². The normalized spacial score (nSPS) is 16.9. The van der Waals surface area contributed by atoms with E-state index in [1.165, 1.54) is 18.2 Å². The Morgan fingerprint density at radius 2 is 1.94 bits per heavy atom. The molecule has 0 aromatic heterocycles. The molecule has 31 heavy (non-hydrogen) atoms. The molecule has 0 amide bonds. The number of hydrogen-bond acceptors (Lipinski definition) is 6. The molecule has 0 radical (unpaired) electrons. The van der Waals surface area contributed by atoms with Crippen molar-refractivity contribution < 1.29 is 32.9 Å². The molecule has 0 spiro atoms. The maximum absolute atomic E-state index is 13.0. The Labute approximate surface area is 180 Å². The summed E-state index contributed by atoms with van der Waals surface area (Å²) < 4.78 is 44.0. The predicted molar refractivity (Wildman–Crippen MR) is 113 cm³/mol. The highest BCUT2D eigenvalue weighted by atomic mass is 32.2. The number of aromatic hydroxyl groups is 1. The van der Waals surface area contributed by atoms with E-state index < -0.39 is 17.7 Å². The molecule has 1 heterocycles. The number of phenols is 1. The number of thioether (sulfide) groups is 1. The van der Waals surface area contributed by atoms with Gasteiger partial charge in [0.1, 0.15) is 22.1 Å². The van der Waals surface area contributed by atoms with Gasteiger partial charge in [-0.1, -0.05) is 23.9 Å². The van der Waals surface area contributed by atoms with E-state index in [1.807, 2.05) is 0 Å². The second kappa shape index (κ2) is 8.89. The molecule has 0 saturated carbocycles. The number of benzene rings is 2. The number of aliphatic imine (C=N–C) groups is 1. The summed E-state index contributed by atoms with van der Waals surface area (Å²) in [4.78, 5) is 16.9. The Morgan fingerprint density at radius 3 is 2.58 bits per heavy atom. The van der Waals surface area contributed by atoms with E-state index in [1.54, 1.807) is 32.1 Å². The van der Waals surface area contributed by atoms with Crippen LogP contribution < -0.4 is 0 Å². The van der Waals surface area contributed by atoms with E-state index in [-0.39, 0.29) is 39.3 Å². The van der Waals surface area contributed by atoms with Crippen LogP contribution in [0, 0.1) is 6.92 Å². The van der Waals surface area contributed by atoms with Crippen LogP contribution in [0.25, 0.3) is 6.08 Å². The molecule has 3 rings (SSSR count). The van der Waals surface area contributed by atoms with Gasteiger partial charge in [-0.25, -0.2) is 9.79 Å². The number of aliphatic hydroxyl groups is 1. The predicted octanol–water partition coefficient (Wildman–Crippen LogP) is 5.91. The summed E-state index contributed by atoms with van der Waals surface area (Å²) in [6.07, 6.45) is -2.96. The molecule has 9 heteroatoms. The fourth-order valence-corrected chi connectivity index (χ4v) is 3.82. The topological polar surface area (TPSA) is 79.1 Å². The van der Waals surface area contributed by atoms with Crippen molar-refractivity contribution in [3.05, 3.63) is 75.4 Å². The van der Waals surface area contributed by atoms with Crippen molar-refractivity contribution >= 4 is 34.5 Å². The first kappa shape index (κ1) is 22.5. The lowest BCUT2D eigenvalue weighted by Crippen LogP contribution is -2.13. The van der Waals surface area contributed by atoms with Gasteiger partial charge in [-0.05, 0) is 61.4 Å². The van der Waals surface area contributed by atoms with Crippen molar-refractivity contribution in [1.29, 1.82) is 0 Å². The van der Waals surface area contributed by atoms with Crippen LogP contribution in [0.2, 0.25) is 0 Å². The van der Waals surface area contributed by atoms with Gasteiger partial charge in [0.2, 0.25) is 0 Å². The number of nitrogens with zero attached hydrogens (tertiary/aromatic N) is 1. The molecule has 5 nitrogen and oxygen atoms in total. The van der Waals surface area contributed by atoms with E-state index in [9.17, 15) is 28.2 Å². The molecule has 0 fully saturated rings. The number of carbonyl (C=O) groups excluding carboxylic acids is 1. The highest BCUT2D eigenvalue weighted by Gasteiger charge is 2.34. The molecular formula is C22H18F3NO4S. The first-order valence-electron chi connectivity index (χ1n) is 9.16. The average molecular weight is 449 g/mol. The molecule has 2 aromatic rings. The number of halogens is 3. The molecule has 0 bridgehead atoms. The standard InChI is InChI=1S/C22H18F3NO4S/c1-3-30-21(29)18-19(28)17(10-13-7-8-16(27)12(2)9-13)31-20(18)26-15-6-4-5-14(11-15)22(23,24)25/h4-11,27-28H,3H2,1-2H3. The van der Waals surface area contributed by atoms with Gasteiger partial charge in [-0.3, -0.25) is 0 Å². The monoisotopic (exact) mass is 449 g/mol. The molecule has 0 aliphatic carbocycles. The largest absolute Gasteiger partial charge is 0.508 e. The van der Waals surface area contributed by atoms with Crippen molar-refractivity contribution in [2.45, 2.75) is 20.0 Å². The molecule has 1 aliphatic rings. The van der Waals surface area contributed by atoms with Gasteiger partial charge in [0, 0.05) is 0 Å². The van der Waals surface area contributed by atoms with Crippen molar-refractivity contribution in [2.24, 2.45) is 4.99 Å². The third-order valence-electron chi connectivity index (χ3n) is 4.29. The van der Waals surface area contributed by atoms with Crippen molar-refractivity contribution in [1.82, 2.24) is 0 Å². The number of carbonyl (C=O) groups is 1. The van der Waals surface area contributed by atoms with Crippen molar-refractivity contribution in [3.8, 4) is 5.75 Å². The summed E-state index contributed by atoms with van der Waals surface area (Å²) in [6, 6.07) is 9.16. The van der Waals surface area contributed by atoms with Gasteiger partial charge in [-0.2, -0.15) is 13.2 Å². The summed E-state index contributed by atoms with van der Waals surface area (Å²) in [6.45, 7) is 3.35. The maximum atomic E-state index is 13.0. The molecule has 162 valence electrons. The fraction of sp³-hybridized carbons (Fsp3) is 0.182. The number of rotatable bonds is 4. The number of phenolic OH excluding ortho intramolecular Hbond substituents is 1. The zero-order valence-corrected chi connectivity index (χ0v) is 17.3. The van der Waals surface area contributed by atoms with Crippen LogP contribution >= 0.6 is 11.8 Å². The van der Waals surface area contributed by atoms with E-state index in [0.29, 0.717) is 11.1 Å². The van der Waals surface area contributed by atoms with Crippen molar-refractivity contribution in [2.75, 3.05) is 6.61 Å². The van der Waals surface area contributed by atoms with Crippen LogP contribution in [0.4, 0.5) is 18.9 Å². The number of alkyl halides is 3. The first-order chi connectivity index (χ1) is 14.6. The van der Waals surface area contributed by atoms with Gasteiger partial charge < -0.3 is 14.9 Å². The van der Waals surface area contributed by atoms with Crippen LogP contribution in [0.3, 0.4) is 0 Å². The van der Waals surface area contributed by atoms with Crippen LogP contribution in [0.15, 0.2) is 63.7 Å². The quantitative estimate of drug-likeness (QED) is 0.567. The first-order valence-corrected chi connectivity index (χ1v) is 9.98. The molecule has 0 atom stereocenters. The van der Waals surface area contributed by atoms with Gasteiger partial charge in [0.15, 0.2) is 0 Å². The minimum Gasteiger partial charge on any atom is -0.508 e. The van der Waals surface area contributed by atoms with Gasteiger partial charge in [0.25, 0.3) is 0 Å². The van der Waals surface area contributed by atoms with Gasteiger partial charge >= 0.3 is 12.1 Å². The Morgan fingerprint density at radius 1 is 1.19 bits per heavy atom. The molecule has 0 unspecified atom stereocenters. The summed E-state index contributed by atoms with van der Waals surface area (Å²) >= 11 is 0.937. The Hall–Kier alpha value is -3.20. The summed E-state index contributed by atoms with van der Waals surface area (Å²) in [5.41, 5.74) is 0.149. The highest BCUT2D eigenvalue weighted by molar-refractivity contribution is 8.18. The maximum Gasteiger partial charge on any atom is 0.416 e. The highest BCUT2D eigenvalue weighted by Crippen LogP contribution is 2.41. The van der Waals surface area contributed by atoms with Crippen LogP contribution in [0.5, 0.6) is 5.75 Å². The summed E-state index contributed by atoms with van der Waals surface area (Å²) in [5.74, 6) is -1.09. The summed E-state index contributed by atoms with van der Waals surface area (Å²) in [7, 11) is 0. The van der Waals surface area contributed by atoms with E-state index >= 15 is 0 Å². The third-order valence-corrected chi connectivity index (χ3v) is 5.31. The fourth-order valence-electron chi connectivity index (χ4n) is 2.78. The third kappa shape index (κ3) is 5.11. The lowest BCUT2D eigenvalue weighted by molar-refractivity contribution is -0.138. The molecule has 2 N–H and O–H groups in total. The lowest BCUT2D eigenvalue weighted by atomic mass is 10.1. The number of aryl methyl sites for hydroxylation is 1. The smallest absolute Gasteiger partial charge is 0.416 e. The Kier molecular flexibility index (Phi) is 6.45. The minimum atomic E-state index is -4.54. The van der Waals surface area contributed by atoms with Crippen molar-refractivity contribution in [3.63, 3.8) is 0 Å². The van der Waals surface area contributed by atoms with E-state index in [0.717, 1.165) is 23.9 Å². The van der Waals surface area contributed by atoms with Crippen LogP contribution in [0.1, 0.15) is 23.6 Å². The Balaban J connectivity index is 2.06. The Bertz CT molecular complexity index is 1120. The SMILES string of the molecule is CCOC(=O)C1=C(O)C(=Cc2ccc(O)c(C)c2)SC1=Nc1cccc(C(F)(F)F)c1. The van der Waals surface area contributed by atoms with E-state index in [4.69, 9.17) is 4.74 Å². The summed E-state index contributed by atoms with van der Waals surface area (Å²) in [5, 5.41) is 20.3. The second-order valence-corrected chi connectivity index (χ2v) is 7.60. The zero-order chi connectivity index (χ0) is 22.8. The van der Waals surface area contributed by atoms with E-state index in [2.05, 4.69) is 4.99 Å². The number of aliphatic hydroxyl groups excluding tert-OH is 1. The average Bonchev–Trinajstić information content (AvgIpc) is 2.99.